The smallest absolute Gasteiger partial charge is 0.387 e. The van der Waals surface area contributed by atoms with Crippen LogP contribution in [0.25, 0.3) is 11.3 Å². The second-order valence-corrected chi connectivity index (χ2v) is 6.09. The standard InChI is InChI=1S/C17H15F3N4O3S/c1-25-14-13(27-16(19)20)15(26-2)23-17(22-14)24-28-9-7-12(21-8-9)10-5-3-4-6-11(10)18/h3-8,16,21H,1-2H3,(H,22,23,24). The minimum atomic E-state index is -3.09. The molecule has 0 unspecified atom stereocenters. The van der Waals surface area contributed by atoms with Gasteiger partial charge in [0.15, 0.2) is 0 Å². The van der Waals surface area contributed by atoms with Crippen molar-refractivity contribution in [3.63, 3.8) is 0 Å². The molecule has 3 aromatic rings. The van der Waals surface area contributed by atoms with Gasteiger partial charge in [-0.1, -0.05) is 12.1 Å². The lowest BCUT2D eigenvalue weighted by Crippen LogP contribution is -2.08. The lowest BCUT2D eigenvalue weighted by molar-refractivity contribution is -0.0533. The molecule has 2 aromatic heterocycles. The monoisotopic (exact) mass is 412 g/mol. The average molecular weight is 412 g/mol. The molecule has 0 radical (unpaired) electrons. The molecule has 148 valence electrons. The van der Waals surface area contributed by atoms with E-state index in [0.29, 0.717) is 16.2 Å². The van der Waals surface area contributed by atoms with Gasteiger partial charge in [-0.05, 0) is 30.1 Å². The van der Waals surface area contributed by atoms with E-state index in [-0.39, 0.29) is 23.5 Å². The summed E-state index contributed by atoms with van der Waals surface area (Å²) in [4.78, 5) is 11.6. The van der Waals surface area contributed by atoms with Gasteiger partial charge in [-0.25, -0.2) is 4.39 Å². The van der Waals surface area contributed by atoms with Crippen molar-refractivity contribution in [1.82, 2.24) is 15.0 Å². The number of benzene rings is 1. The molecule has 7 nitrogen and oxygen atoms in total. The number of hydrogen-bond acceptors (Lipinski definition) is 7. The Morgan fingerprint density at radius 3 is 2.39 bits per heavy atom. The van der Waals surface area contributed by atoms with Crippen LogP contribution < -0.4 is 18.9 Å². The van der Waals surface area contributed by atoms with Crippen molar-refractivity contribution < 1.29 is 27.4 Å². The van der Waals surface area contributed by atoms with Crippen LogP contribution in [0, 0.1) is 5.82 Å². The molecule has 1 aromatic carbocycles. The number of nitrogens with zero attached hydrogens (tertiary/aromatic N) is 2. The van der Waals surface area contributed by atoms with E-state index in [4.69, 9.17) is 9.47 Å². The SMILES string of the molecule is COc1nc(NSc2c[nH]c(-c3ccccc3F)c2)nc(OC)c1OC(F)F. The number of alkyl halides is 2. The summed E-state index contributed by atoms with van der Waals surface area (Å²) >= 11 is 1.12. The van der Waals surface area contributed by atoms with Gasteiger partial charge in [-0.2, -0.15) is 18.7 Å². The maximum atomic E-state index is 13.9. The molecule has 2 heterocycles. The number of ether oxygens (including phenoxy) is 3. The molecule has 0 amide bonds. The number of aromatic nitrogens is 3. The van der Waals surface area contributed by atoms with Crippen molar-refractivity contribution in [3.8, 4) is 28.8 Å². The number of nitrogens with one attached hydrogen (secondary N) is 2. The number of rotatable bonds is 8. The molecule has 0 fully saturated rings. The van der Waals surface area contributed by atoms with Gasteiger partial charge in [0.25, 0.3) is 11.8 Å². The van der Waals surface area contributed by atoms with Gasteiger partial charge in [0, 0.05) is 22.3 Å². The molecule has 0 saturated heterocycles. The first-order chi connectivity index (χ1) is 13.5. The Morgan fingerprint density at radius 1 is 1.11 bits per heavy atom. The van der Waals surface area contributed by atoms with Crippen LogP contribution in [-0.2, 0) is 0 Å². The lowest BCUT2D eigenvalue weighted by Gasteiger charge is -2.13. The van der Waals surface area contributed by atoms with E-state index < -0.39 is 12.4 Å². The van der Waals surface area contributed by atoms with E-state index in [0.717, 1.165) is 11.9 Å². The summed E-state index contributed by atoms with van der Waals surface area (Å²) in [6, 6.07) is 8.11. The first-order valence-electron chi connectivity index (χ1n) is 7.82. The fourth-order valence-corrected chi connectivity index (χ4v) is 2.89. The molecular formula is C17H15F3N4O3S. The Hall–Kier alpha value is -3.08. The highest BCUT2D eigenvalue weighted by Crippen LogP contribution is 2.37. The number of hydrogen-bond donors (Lipinski definition) is 2. The van der Waals surface area contributed by atoms with Crippen LogP contribution >= 0.6 is 11.9 Å². The summed E-state index contributed by atoms with van der Waals surface area (Å²) in [6.45, 7) is -3.09. The third-order valence-electron chi connectivity index (χ3n) is 3.48. The lowest BCUT2D eigenvalue weighted by atomic mass is 10.1. The summed E-state index contributed by atoms with van der Waals surface area (Å²) < 4.78 is 56.1. The van der Waals surface area contributed by atoms with Gasteiger partial charge in [-0.3, -0.25) is 4.72 Å². The molecule has 0 spiro atoms. The molecular weight excluding hydrogens is 397 g/mol. The van der Waals surface area contributed by atoms with Gasteiger partial charge in [-0.15, -0.1) is 0 Å². The van der Waals surface area contributed by atoms with E-state index in [9.17, 15) is 13.2 Å². The third-order valence-corrected chi connectivity index (χ3v) is 4.23. The van der Waals surface area contributed by atoms with Crippen LogP contribution in [0.4, 0.5) is 19.1 Å². The van der Waals surface area contributed by atoms with E-state index in [1.807, 2.05) is 0 Å². The molecule has 2 N–H and O–H groups in total. The maximum Gasteiger partial charge on any atom is 0.387 e. The zero-order valence-electron chi connectivity index (χ0n) is 14.7. The molecule has 11 heteroatoms. The number of anilines is 1. The predicted octanol–water partition coefficient (Wildman–Crippen LogP) is 4.35. The highest BCUT2D eigenvalue weighted by molar-refractivity contribution is 8.00. The van der Waals surface area contributed by atoms with Gasteiger partial charge in [0.05, 0.1) is 14.2 Å². The van der Waals surface area contributed by atoms with E-state index >= 15 is 0 Å². The second-order valence-electron chi connectivity index (χ2n) is 5.21. The van der Waals surface area contributed by atoms with Crippen molar-refractivity contribution in [2.75, 3.05) is 18.9 Å². The van der Waals surface area contributed by atoms with Crippen LogP contribution in [0.15, 0.2) is 41.4 Å². The van der Waals surface area contributed by atoms with E-state index in [1.165, 1.54) is 20.3 Å². The van der Waals surface area contributed by atoms with Crippen LogP contribution in [0.3, 0.4) is 0 Å². The number of methoxy groups -OCH3 is 2. The number of aromatic amines is 1. The number of H-pyrrole nitrogens is 1. The highest BCUT2D eigenvalue weighted by Gasteiger charge is 2.21. The minimum absolute atomic E-state index is 0.0500. The van der Waals surface area contributed by atoms with E-state index in [1.54, 1.807) is 30.5 Å². The van der Waals surface area contributed by atoms with Gasteiger partial charge < -0.3 is 19.2 Å². The predicted molar refractivity (Wildman–Crippen MR) is 97.4 cm³/mol. The fourth-order valence-electron chi connectivity index (χ4n) is 2.30. The minimum Gasteiger partial charge on any atom is -0.478 e. The summed E-state index contributed by atoms with van der Waals surface area (Å²) in [6.07, 6.45) is 1.67. The largest absolute Gasteiger partial charge is 0.478 e. The maximum absolute atomic E-state index is 13.9. The Morgan fingerprint density at radius 2 is 1.79 bits per heavy atom. The summed E-state index contributed by atoms with van der Waals surface area (Å²) in [7, 11) is 2.51. The summed E-state index contributed by atoms with van der Waals surface area (Å²) in [5.41, 5.74) is 1.03. The van der Waals surface area contributed by atoms with Gasteiger partial charge in [0.2, 0.25) is 11.7 Å². The normalized spacial score (nSPS) is 10.8. The highest BCUT2D eigenvalue weighted by atomic mass is 32.2. The Balaban J connectivity index is 1.77. The topological polar surface area (TPSA) is 81.3 Å². The van der Waals surface area contributed by atoms with Gasteiger partial charge in [0.1, 0.15) is 5.82 Å². The third kappa shape index (κ3) is 4.42. The van der Waals surface area contributed by atoms with Crippen LogP contribution in [0.2, 0.25) is 0 Å². The summed E-state index contributed by atoms with van der Waals surface area (Å²) in [5.74, 6) is -1.12. The Kier molecular flexibility index (Phi) is 6.14. The molecule has 0 aliphatic heterocycles. The van der Waals surface area contributed by atoms with Crippen molar-refractivity contribution in [2.45, 2.75) is 11.5 Å². The van der Waals surface area contributed by atoms with Crippen molar-refractivity contribution in [2.24, 2.45) is 0 Å². The molecule has 0 atom stereocenters. The van der Waals surface area contributed by atoms with Crippen molar-refractivity contribution in [1.29, 1.82) is 0 Å². The Bertz CT molecular complexity index is 930. The zero-order chi connectivity index (χ0) is 20.1. The zero-order valence-corrected chi connectivity index (χ0v) is 15.5. The first-order valence-corrected chi connectivity index (χ1v) is 8.64. The molecule has 0 bridgehead atoms. The second kappa shape index (κ2) is 8.74. The van der Waals surface area contributed by atoms with E-state index in [2.05, 4.69) is 24.4 Å². The quantitative estimate of drug-likeness (QED) is 0.533. The molecule has 28 heavy (non-hydrogen) atoms. The Labute approximate surface area is 162 Å². The first kappa shape index (κ1) is 19.7. The molecule has 3 rings (SSSR count). The molecule has 0 aliphatic rings. The fraction of sp³-hybridized carbons (Fsp3) is 0.176. The average Bonchev–Trinajstić information content (AvgIpc) is 3.15. The van der Waals surface area contributed by atoms with Crippen molar-refractivity contribution >= 4 is 17.9 Å². The number of halogens is 3. The summed E-state index contributed by atoms with van der Waals surface area (Å²) in [5, 5.41) is 0. The van der Waals surface area contributed by atoms with Crippen LogP contribution in [0.1, 0.15) is 0 Å². The van der Waals surface area contributed by atoms with Gasteiger partial charge >= 0.3 is 6.61 Å². The van der Waals surface area contributed by atoms with Crippen LogP contribution in [-0.4, -0.2) is 35.8 Å². The van der Waals surface area contributed by atoms with Crippen molar-refractivity contribution in [3.05, 3.63) is 42.3 Å². The molecule has 0 saturated carbocycles. The van der Waals surface area contributed by atoms with Crippen LogP contribution in [0.5, 0.6) is 17.5 Å². The molecule has 0 aliphatic carbocycles.